The number of aromatic nitrogens is 1. The van der Waals surface area contributed by atoms with E-state index in [0.717, 1.165) is 39.5 Å². The summed E-state index contributed by atoms with van der Waals surface area (Å²) in [7, 11) is 0. The van der Waals surface area contributed by atoms with Gasteiger partial charge < -0.3 is 4.57 Å². The normalized spacial score (nSPS) is 11.3. The highest BCUT2D eigenvalue weighted by Gasteiger charge is 2.19. The van der Waals surface area contributed by atoms with Crippen LogP contribution in [0.2, 0.25) is 5.02 Å². The van der Waals surface area contributed by atoms with Gasteiger partial charge in [-0.25, -0.2) is 0 Å². The molecule has 0 aliphatic rings. The Hall–Kier alpha value is -3.34. The van der Waals surface area contributed by atoms with Crippen molar-refractivity contribution in [3.05, 3.63) is 112 Å². The molecule has 0 fully saturated rings. The Balaban J connectivity index is 1.58. The smallest absolute Gasteiger partial charge is 0.194 e. The number of carbonyl (C=O) groups excluding carboxylic acids is 2. The van der Waals surface area contributed by atoms with Gasteiger partial charge in [0.2, 0.25) is 0 Å². The molecule has 1 heterocycles. The topological polar surface area (TPSA) is 39.1 Å². The molecule has 0 unspecified atom stereocenters. The van der Waals surface area contributed by atoms with Crippen molar-refractivity contribution in [2.24, 2.45) is 0 Å². The predicted molar refractivity (Wildman–Crippen MR) is 147 cm³/mol. The lowest BCUT2D eigenvalue weighted by Crippen LogP contribution is -2.04. The predicted octanol–water partition coefficient (Wildman–Crippen LogP) is 7.78. The van der Waals surface area contributed by atoms with Crippen molar-refractivity contribution in [2.75, 3.05) is 0 Å². The Morgan fingerprint density at radius 1 is 0.857 bits per heavy atom. The minimum Gasteiger partial charge on any atom is -0.341 e. The van der Waals surface area contributed by atoms with Crippen LogP contribution in [0.15, 0.2) is 83.8 Å². The molecule has 35 heavy (non-hydrogen) atoms. The summed E-state index contributed by atoms with van der Waals surface area (Å²) < 4.78 is 2.19. The molecule has 5 heteroatoms. The molecule has 0 atom stereocenters. The molecular weight excluding hydrogens is 474 g/mol. The molecule has 5 aromatic rings. The van der Waals surface area contributed by atoms with Crippen LogP contribution in [0, 0.1) is 0 Å². The molecule has 0 saturated heterocycles. The van der Waals surface area contributed by atoms with Crippen LogP contribution in [0.1, 0.15) is 51.3 Å². The second-order valence-corrected chi connectivity index (χ2v) is 9.52. The van der Waals surface area contributed by atoms with E-state index in [0.29, 0.717) is 33.0 Å². The summed E-state index contributed by atoms with van der Waals surface area (Å²) in [6.45, 7) is 4.43. The van der Waals surface area contributed by atoms with Gasteiger partial charge in [-0.15, -0.1) is 12.6 Å². The van der Waals surface area contributed by atoms with Crippen molar-refractivity contribution in [3.63, 3.8) is 0 Å². The maximum absolute atomic E-state index is 13.5. The van der Waals surface area contributed by atoms with Crippen molar-refractivity contribution in [1.29, 1.82) is 0 Å². The number of thiol groups is 1. The molecule has 174 valence electrons. The fraction of sp³-hybridized carbons (Fsp3) is 0.133. The van der Waals surface area contributed by atoms with Crippen LogP contribution < -0.4 is 0 Å². The number of nitrogens with zero attached hydrogens (tertiary/aromatic N) is 1. The molecule has 1 aromatic heterocycles. The zero-order valence-electron chi connectivity index (χ0n) is 19.5. The summed E-state index contributed by atoms with van der Waals surface area (Å²) in [6.07, 6.45) is 0.689. The van der Waals surface area contributed by atoms with Gasteiger partial charge in [0.25, 0.3) is 0 Å². The number of Topliss-reactive ketones (excluding diaryl/α,β-unsaturated/α-hetero) is 1. The second-order valence-electron chi connectivity index (χ2n) is 8.69. The van der Waals surface area contributed by atoms with Crippen LogP contribution in [0.4, 0.5) is 0 Å². The van der Waals surface area contributed by atoms with Crippen molar-refractivity contribution in [1.82, 2.24) is 4.57 Å². The standard InChI is InChI=1S/C30H24ClNO2S/c1-3-32-26-13-10-20(18(2)33)16-24(26)25-17-21(11-14-27(25)32)29(34)23-12-9-22(30(35)28(23)31)15-19-7-5-4-6-8-19/h4-14,16-17,35H,3,15H2,1-2H3. The van der Waals surface area contributed by atoms with Gasteiger partial charge in [0.05, 0.1) is 5.02 Å². The molecule has 3 nitrogen and oxygen atoms in total. The lowest BCUT2D eigenvalue weighted by Gasteiger charge is -2.11. The van der Waals surface area contributed by atoms with E-state index >= 15 is 0 Å². The van der Waals surface area contributed by atoms with Crippen molar-refractivity contribution < 1.29 is 9.59 Å². The second kappa shape index (κ2) is 9.37. The monoisotopic (exact) mass is 497 g/mol. The zero-order valence-corrected chi connectivity index (χ0v) is 21.2. The molecule has 0 radical (unpaired) electrons. The first kappa shape index (κ1) is 23.4. The highest BCUT2D eigenvalue weighted by Crippen LogP contribution is 2.34. The van der Waals surface area contributed by atoms with Gasteiger partial charge in [0.15, 0.2) is 11.6 Å². The number of aryl methyl sites for hydroxylation is 1. The van der Waals surface area contributed by atoms with Crippen LogP contribution in [0.5, 0.6) is 0 Å². The number of benzene rings is 4. The summed E-state index contributed by atoms with van der Waals surface area (Å²) in [4.78, 5) is 26.2. The average Bonchev–Trinajstić information content (AvgIpc) is 3.19. The molecule has 5 rings (SSSR count). The summed E-state index contributed by atoms with van der Waals surface area (Å²) in [5.41, 5.74) is 5.82. The zero-order chi connectivity index (χ0) is 24.7. The van der Waals surface area contributed by atoms with Gasteiger partial charge >= 0.3 is 0 Å². The summed E-state index contributed by atoms with van der Waals surface area (Å²) in [6, 6.07) is 25.3. The Kier molecular flexibility index (Phi) is 6.26. The van der Waals surface area contributed by atoms with Gasteiger partial charge in [-0.1, -0.05) is 48.0 Å². The number of ketones is 2. The van der Waals surface area contributed by atoms with E-state index in [1.54, 1.807) is 13.0 Å². The Morgan fingerprint density at radius 3 is 2.11 bits per heavy atom. The van der Waals surface area contributed by atoms with E-state index in [1.165, 1.54) is 0 Å². The van der Waals surface area contributed by atoms with Crippen LogP contribution >= 0.6 is 24.2 Å². The maximum Gasteiger partial charge on any atom is 0.194 e. The van der Waals surface area contributed by atoms with Gasteiger partial charge in [0, 0.05) is 49.9 Å². The van der Waals surface area contributed by atoms with E-state index in [9.17, 15) is 9.59 Å². The van der Waals surface area contributed by atoms with Gasteiger partial charge in [-0.05, 0) is 73.9 Å². The Labute approximate surface area is 214 Å². The SMILES string of the molecule is CCn1c2ccc(C(C)=O)cc2c2cc(C(=O)c3ccc(Cc4ccccc4)c(S)c3Cl)ccc21. The Bertz CT molecular complexity index is 1620. The summed E-state index contributed by atoms with van der Waals surface area (Å²) >= 11 is 11.3. The number of hydrogen-bond acceptors (Lipinski definition) is 3. The molecule has 4 aromatic carbocycles. The van der Waals surface area contributed by atoms with Crippen LogP contribution in [0.25, 0.3) is 21.8 Å². The number of fused-ring (bicyclic) bond motifs is 3. The van der Waals surface area contributed by atoms with Crippen molar-refractivity contribution >= 4 is 57.6 Å². The van der Waals surface area contributed by atoms with Crippen LogP contribution in [-0.2, 0) is 13.0 Å². The van der Waals surface area contributed by atoms with Crippen molar-refractivity contribution in [2.45, 2.75) is 31.7 Å². The first-order valence-electron chi connectivity index (χ1n) is 11.5. The summed E-state index contributed by atoms with van der Waals surface area (Å²) in [5, 5.41) is 2.27. The number of halogens is 1. The lowest BCUT2D eigenvalue weighted by atomic mass is 9.97. The van der Waals surface area contributed by atoms with Crippen molar-refractivity contribution in [3.8, 4) is 0 Å². The molecule has 0 aliphatic carbocycles. The molecule has 0 N–H and O–H groups in total. The number of carbonyl (C=O) groups is 2. The first-order valence-corrected chi connectivity index (χ1v) is 12.4. The Morgan fingerprint density at radius 2 is 1.49 bits per heavy atom. The third kappa shape index (κ3) is 4.18. The number of hydrogen-bond donors (Lipinski definition) is 1. The third-order valence-electron chi connectivity index (χ3n) is 6.53. The fourth-order valence-electron chi connectivity index (χ4n) is 4.70. The molecule has 0 aliphatic heterocycles. The lowest BCUT2D eigenvalue weighted by molar-refractivity contribution is 0.101. The van der Waals surface area contributed by atoms with E-state index < -0.39 is 0 Å². The van der Waals surface area contributed by atoms with Gasteiger partial charge in [-0.3, -0.25) is 9.59 Å². The first-order chi connectivity index (χ1) is 16.9. The van der Waals surface area contributed by atoms with E-state index in [1.807, 2.05) is 60.7 Å². The quantitative estimate of drug-likeness (QED) is 0.192. The molecule has 0 amide bonds. The largest absolute Gasteiger partial charge is 0.341 e. The minimum absolute atomic E-state index is 0.0141. The molecule has 0 saturated carbocycles. The third-order valence-corrected chi connectivity index (χ3v) is 7.57. The molecule has 0 bridgehead atoms. The van der Waals surface area contributed by atoms with Gasteiger partial charge in [0.1, 0.15) is 0 Å². The van der Waals surface area contributed by atoms with Crippen LogP contribution in [-0.4, -0.2) is 16.1 Å². The highest BCUT2D eigenvalue weighted by molar-refractivity contribution is 7.80. The van der Waals surface area contributed by atoms with E-state index in [2.05, 4.69) is 36.3 Å². The maximum atomic E-state index is 13.5. The van der Waals surface area contributed by atoms with E-state index in [4.69, 9.17) is 11.6 Å². The molecule has 0 spiro atoms. The van der Waals surface area contributed by atoms with E-state index in [-0.39, 0.29) is 11.6 Å². The molecular formula is C30H24ClNO2S. The number of rotatable bonds is 6. The minimum atomic E-state index is -0.154. The average molecular weight is 498 g/mol. The summed E-state index contributed by atoms with van der Waals surface area (Å²) in [5.74, 6) is -0.140. The highest BCUT2D eigenvalue weighted by atomic mass is 35.5. The van der Waals surface area contributed by atoms with Crippen LogP contribution in [0.3, 0.4) is 0 Å². The fourth-order valence-corrected chi connectivity index (χ4v) is 5.24. The van der Waals surface area contributed by atoms with Gasteiger partial charge in [-0.2, -0.15) is 0 Å².